The van der Waals surface area contributed by atoms with E-state index in [1.165, 1.54) is 116 Å². The van der Waals surface area contributed by atoms with Gasteiger partial charge in [0.2, 0.25) is 17.7 Å². The number of hydrogen-bond donors (Lipinski definition) is 6. The fraction of sp³-hybridized carbons (Fsp3) is 0.918. The van der Waals surface area contributed by atoms with Crippen molar-refractivity contribution in [3.05, 3.63) is 0 Å². The van der Waals surface area contributed by atoms with Gasteiger partial charge in [0.1, 0.15) is 12.3 Å². The van der Waals surface area contributed by atoms with E-state index in [0.717, 1.165) is 57.8 Å². The van der Waals surface area contributed by atoms with Crippen LogP contribution in [0, 0.1) is 0 Å². The summed E-state index contributed by atoms with van der Waals surface area (Å²) in [6, 6.07) is -0.468. The van der Waals surface area contributed by atoms with Gasteiger partial charge in [0.15, 0.2) is 0 Å². The van der Waals surface area contributed by atoms with Gasteiger partial charge >= 0.3 is 5.97 Å². The third-order valence-corrected chi connectivity index (χ3v) is 11.5. The van der Waals surface area contributed by atoms with Crippen molar-refractivity contribution >= 4 is 23.7 Å². The van der Waals surface area contributed by atoms with E-state index < -0.39 is 30.4 Å². The van der Waals surface area contributed by atoms with E-state index in [1.54, 1.807) is 0 Å². The van der Waals surface area contributed by atoms with Crippen LogP contribution in [-0.4, -0.2) is 76.6 Å². The van der Waals surface area contributed by atoms with Gasteiger partial charge in [0.25, 0.3) is 0 Å². The van der Waals surface area contributed by atoms with Gasteiger partial charge in [0.05, 0.1) is 31.6 Å². The smallest absolute Gasteiger partial charge is 0.306 e. The summed E-state index contributed by atoms with van der Waals surface area (Å²) in [6.45, 7) is 6.76. The molecule has 11 nitrogen and oxygen atoms in total. The van der Waals surface area contributed by atoms with Crippen molar-refractivity contribution in [3.8, 4) is 0 Å². The number of ether oxygens (including phenoxy) is 1. The molecule has 0 heterocycles. The Morgan fingerprint density at radius 1 is 0.467 bits per heavy atom. The third-order valence-electron chi connectivity index (χ3n) is 11.5. The molecule has 6 N–H and O–H groups in total. The van der Waals surface area contributed by atoms with Crippen molar-refractivity contribution in [1.29, 1.82) is 0 Å². The summed E-state index contributed by atoms with van der Waals surface area (Å²) >= 11 is 0. The Bertz CT molecular complexity index is 1020. The molecule has 0 fully saturated rings. The van der Waals surface area contributed by atoms with Gasteiger partial charge in [-0.15, -0.1) is 0 Å². The number of unbranched alkanes of at least 4 members (excludes halogenated alkanes) is 24. The highest BCUT2D eigenvalue weighted by Crippen LogP contribution is 2.17. The number of hydrogen-bond acceptors (Lipinski definition) is 8. The monoisotopic (exact) mass is 854 g/mol. The zero-order valence-corrected chi connectivity index (χ0v) is 39.1. The van der Waals surface area contributed by atoms with Crippen LogP contribution in [0.4, 0.5) is 0 Å². The molecule has 0 aliphatic heterocycles. The predicted octanol–water partition coefficient (Wildman–Crippen LogP) is 10.4. The van der Waals surface area contributed by atoms with Crippen molar-refractivity contribution in [2.24, 2.45) is 0 Å². The molecule has 0 aromatic carbocycles. The van der Waals surface area contributed by atoms with Gasteiger partial charge in [-0.05, 0) is 38.5 Å². The number of esters is 1. The van der Waals surface area contributed by atoms with Crippen LogP contribution in [-0.2, 0) is 23.9 Å². The fourth-order valence-electron chi connectivity index (χ4n) is 7.67. The highest BCUT2D eigenvalue weighted by atomic mass is 16.5. The van der Waals surface area contributed by atoms with Crippen molar-refractivity contribution < 1.29 is 39.2 Å². The van der Waals surface area contributed by atoms with E-state index in [2.05, 4.69) is 36.7 Å². The van der Waals surface area contributed by atoms with Gasteiger partial charge < -0.3 is 36.0 Å². The Morgan fingerprint density at radius 3 is 1.42 bits per heavy atom. The van der Waals surface area contributed by atoms with Crippen molar-refractivity contribution in [3.63, 3.8) is 0 Å². The van der Waals surface area contributed by atoms with Gasteiger partial charge in [-0.1, -0.05) is 181 Å². The minimum absolute atomic E-state index is 0.00757. The lowest BCUT2D eigenvalue weighted by molar-refractivity contribution is -0.151. The predicted molar refractivity (Wildman–Crippen MR) is 245 cm³/mol. The number of carbonyl (C=O) groups excluding carboxylic acids is 4. The van der Waals surface area contributed by atoms with Gasteiger partial charge in [0, 0.05) is 25.8 Å². The molecule has 3 amide bonds. The average Bonchev–Trinajstić information content (AvgIpc) is 3.22. The first-order chi connectivity index (χ1) is 29.1. The molecule has 354 valence electrons. The van der Waals surface area contributed by atoms with Crippen LogP contribution in [0.1, 0.15) is 252 Å². The summed E-state index contributed by atoms with van der Waals surface area (Å²) in [4.78, 5) is 50.5. The number of amides is 3. The SMILES string of the molecule is CCCCCCCCCCCC(=O)O[C@H](CCCCCCCCCCC)CC(=O)NC(O)CCC(=O)NCCCC(CO)NC(=O)C[C@H](O)CCCCCCCCCCC. The molecular weight excluding hydrogens is 759 g/mol. The number of aliphatic hydroxyl groups is 3. The van der Waals surface area contributed by atoms with Crippen molar-refractivity contribution in [2.75, 3.05) is 13.2 Å². The number of carbonyl (C=O) groups is 4. The van der Waals surface area contributed by atoms with Gasteiger partial charge in [-0.2, -0.15) is 0 Å². The Kier molecular flexibility index (Phi) is 41.8. The topological polar surface area (TPSA) is 174 Å². The first-order valence-corrected chi connectivity index (χ1v) is 25.2. The summed E-state index contributed by atoms with van der Waals surface area (Å²) in [5, 5.41) is 38.7. The van der Waals surface area contributed by atoms with E-state index in [-0.39, 0.29) is 50.1 Å². The lowest BCUT2D eigenvalue weighted by atomic mass is 10.0. The second-order valence-electron chi connectivity index (χ2n) is 17.5. The molecule has 0 bridgehead atoms. The van der Waals surface area contributed by atoms with E-state index >= 15 is 0 Å². The minimum Gasteiger partial charge on any atom is -0.462 e. The zero-order valence-electron chi connectivity index (χ0n) is 39.1. The van der Waals surface area contributed by atoms with E-state index in [0.29, 0.717) is 38.6 Å². The molecule has 2 unspecified atom stereocenters. The second-order valence-corrected chi connectivity index (χ2v) is 17.5. The molecule has 0 radical (unpaired) electrons. The Labute approximate surface area is 367 Å². The van der Waals surface area contributed by atoms with Gasteiger partial charge in [-0.3, -0.25) is 19.2 Å². The lowest BCUT2D eigenvalue weighted by Gasteiger charge is -2.19. The molecule has 0 aliphatic rings. The van der Waals surface area contributed by atoms with E-state index in [4.69, 9.17) is 4.74 Å². The molecule has 0 aromatic rings. The molecule has 11 heteroatoms. The van der Waals surface area contributed by atoms with Gasteiger partial charge in [-0.25, -0.2) is 0 Å². The Morgan fingerprint density at radius 2 is 0.917 bits per heavy atom. The molecular formula is C49H95N3O8. The van der Waals surface area contributed by atoms with Crippen LogP contribution in [0.25, 0.3) is 0 Å². The minimum atomic E-state index is -1.21. The fourth-order valence-corrected chi connectivity index (χ4v) is 7.67. The highest BCUT2D eigenvalue weighted by molar-refractivity contribution is 5.78. The average molecular weight is 854 g/mol. The Hall–Kier alpha value is -2.24. The zero-order chi connectivity index (χ0) is 44.3. The van der Waals surface area contributed by atoms with Crippen LogP contribution in [0.15, 0.2) is 0 Å². The quantitative estimate of drug-likeness (QED) is 0.0199. The highest BCUT2D eigenvalue weighted by Gasteiger charge is 2.21. The number of nitrogens with one attached hydrogen (secondary N) is 3. The van der Waals surface area contributed by atoms with Crippen LogP contribution in [0.2, 0.25) is 0 Å². The lowest BCUT2D eigenvalue weighted by Crippen LogP contribution is -2.39. The largest absolute Gasteiger partial charge is 0.462 e. The van der Waals surface area contributed by atoms with Crippen molar-refractivity contribution in [2.45, 2.75) is 276 Å². The van der Waals surface area contributed by atoms with E-state index in [9.17, 15) is 34.5 Å². The van der Waals surface area contributed by atoms with E-state index in [1.807, 2.05) is 0 Å². The van der Waals surface area contributed by atoms with Crippen LogP contribution >= 0.6 is 0 Å². The Balaban J connectivity index is 4.45. The maximum absolute atomic E-state index is 12.9. The number of rotatable bonds is 45. The molecule has 0 spiro atoms. The maximum Gasteiger partial charge on any atom is 0.306 e. The molecule has 0 aromatic heterocycles. The molecule has 0 saturated carbocycles. The van der Waals surface area contributed by atoms with Crippen LogP contribution in [0.3, 0.4) is 0 Å². The second kappa shape index (κ2) is 43.4. The first kappa shape index (κ1) is 57.8. The maximum atomic E-state index is 12.9. The van der Waals surface area contributed by atoms with Crippen LogP contribution < -0.4 is 16.0 Å². The summed E-state index contributed by atoms with van der Waals surface area (Å²) in [5.74, 6) is -1.25. The van der Waals surface area contributed by atoms with Crippen molar-refractivity contribution in [1.82, 2.24) is 16.0 Å². The standard InChI is InChI=1S/C49H95N3O8/c1-4-7-10-13-16-19-22-25-28-33-43(54)39-47(57)51-42(41-53)32-31-38-50-45(55)36-37-46(56)52-48(58)40-44(34-29-26-23-20-17-14-11-8-5-2)60-49(59)35-30-27-24-21-18-15-12-9-6-3/h42-44,46,53-54,56H,4-41H2,1-3H3,(H,50,55)(H,51,57)(H,52,58)/t42?,43-,44-,46?/m1/s1. The number of aliphatic hydroxyl groups excluding tert-OH is 3. The summed E-state index contributed by atoms with van der Waals surface area (Å²) in [6.07, 6.45) is 31.9. The van der Waals surface area contributed by atoms with Crippen LogP contribution in [0.5, 0.6) is 0 Å². The first-order valence-electron chi connectivity index (χ1n) is 25.2. The molecule has 60 heavy (non-hydrogen) atoms. The molecule has 4 atom stereocenters. The summed E-state index contributed by atoms with van der Waals surface area (Å²) < 4.78 is 5.80. The normalized spacial score (nSPS) is 13.4. The summed E-state index contributed by atoms with van der Waals surface area (Å²) in [7, 11) is 0. The summed E-state index contributed by atoms with van der Waals surface area (Å²) in [5.41, 5.74) is 0. The molecule has 0 saturated heterocycles. The molecule has 0 aliphatic carbocycles. The third kappa shape index (κ3) is 39.9. The molecule has 0 rings (SSSR count).